The van der Waals surface area contributed by atoms with Crippen LogP contribution in [0.2, 0.25) is 0 Å². The van der Waals surface area contributed by atoms with Crippen molar-refractivity contribution in [2.45, 2.75) is 33.1 Å². The fourth-order valence-electron chi connectivity index (χ4n) is 3.36. The van der Waals surface area contributed by atoms with Gasteiger partial charge in [0.15, 0.2) is 0 Å². The summed E-state index contributed by atoms with van der Waals surface area (Å²) in [5.41, 5.74) is 0. The predicted molar refractivity (Wildman–Crippen MR) is 62.8 cm³/mol. The summed E-state index contributed by atoms with van der Waals surface area (Å²) in [6, 6.07) is 0. The molecule has 0 spiro atoms. The summed E-state index contributed by atoms with van der Waals surface area (Å²) in [6.45, 7) is 9.22. The normalized spacial score (nSPS) is 34.6. The van der Waals surface area contributed by atoms with Gasteiger partial charge in [0.05, 0.1) is 0 Å². The zero-order valence-electron chi connectivity index (χ0n) is 10.2. The lowest BCUT2D eigenvalue weighted by molar-refractivity contribution is 0.0182. The van der Waals surface area contributed by atoms with E-state index < -0.39 is 0 Å². The Bertz CT molecular complexity index is 187. The molecule has 0 amide bonds. The molecule has 88 valence electrons. The Labute approximate surface area is 93.8 Å². The van der Waals surface area contributed by atoms with Gasteiger partial charge in [0.25, 0.3) is 0 Å². The molecule has 0 aromatic carbocycles. The number of piperidine rings is 1. The minimum Gasteiger partial charge on any atom is -0.381 e. The lowest BCUT2D eigenvalue weighted by Crippen LogP contribution is -2.43. The molecule has 2 fully saturated rings. The monoisotopic (exact) mass is 211 g/mol. The highest BCUT2D eigenvalue weighted by atomic mass is 16.5. The SMILES string of the molecule is CC(C)C1CNCCC1C1CCOCC1. The maximum absolute atomic E-state index is 5.47. The highest BCUT2D eigenvalue weighted by Crippen LogP contribution is 2.36. The van der Waals surface area contributed by atoms with Crippen LogP contribution >= 0.6 is 0 Å². The van der Waals surface area contributed by atoms with Crippen LogP contribution in [0.25, 0.3) is 0 Å². The van der Waals surface area contributed by atoms with Crippen LogP contribution in [0.15, 0.2) is 0 Å². The Kier molecular flexibility index (Phi) is 4.04. The van der Waals surface area contributed by atoms with Gasteiger partial charge >= 0.3 is 0 Å². The summed E-state index contributed by atoms with van der Waals surface area (Å²) >= 11 is 0. The van der Waals surface area contributed by atoms with Crippen LogP contribution in [-0.2, 0) is 4.74 Å². The van der Waals surface area contributed by atoms with Gasteiger partial charge < -0.3 is 10.1 Å². The third-order valence-corrected chi connectivity index (χ3v) is 4.31. The van der Waals surface area contributed by atoms with Crippen molar-refractivity contribution in [1.82, 2.24) is 5.32 Å². The highest BCUT2D eigenvalue weighted by molar-refractivity contribution is 4.85. The van der Waals surface area contributed by atoms with Crippen LogP contribution in [-0.4, -0.2) is 26.3 Å². The minimum absolute atomic E-state index is 0.825. The fraction of sp³-hybridized carbons (Fsp3) is 1.00. The van der Waals surface area contributed by atoms with Crippen molar-refractivity contribution in [1.29, 1.82) is 0 Å². The molecule has 0 radical (unpaired) electrons. The molecule has 0 aliphatic carbocycles. The summed E-state index contributed by atoms with van der Waals surface area (Å²) < 4.78 is 5.47. The molecule has 15 heavy (non-hydrogen) atoms. The van der Waals surface area contributed by atoms with Crippen LogP contribution in [0.3, 0.4) is 0 Å². The number of hydrogen-bond acceptors (Lipinski definition) is 2. The van der Waals surface area contributed by atoms with E-state index in [9.17, 15) is 0 Å². The van der Waals surface area contributed by atoms with E-state index in [1.54, 1.807) is 0 Å². The Morgan fingerprint density at radius 3 is 2.53 bits per heavy atom. The van der Waals surface area contributed by atoms with E-state index in [1.165, 1.54) is 32.4 Å². The average molecular weight is 211 g/mol. The first kappa shape index (κ1) is 11.4. The maximum Gasteiger partial charge on any atom is 0.0468 e. The molecule has 2 heterocycles. The highest BCUT2D eigenvalue weighted by Gasteiger charge is 2.33. The van der Waals surface area contributed by atoms with Crippen LogP contribution in [0.1, 0.15) is 33.1 Å². The lowest BCUT2D eigenvalue weighted by Gasteiger charge is -2.41. The number of rotatable bonds is 2. The van der Waals surface area contributed by atoms with Crippen molar-refractivity contribution in [3.63, 3.8) is 0 Å². The number of ether oxygens (including phenoxy) is 1. The summed E-state index contributed by atoms with van der Waals surface area (Å²) in [7, 11) is 0. The molecular weight excluding hydrogens is 186 g/mol. The molecular formula is C13H25NO. The van der Waals surface area contributed by atoms with Crippen molar-refractivity contribution in [3.8, 4) is 0 Å². The Morgan fingerprint density at radius 2 is 1.87 bits per heavy atom. The Morgan fingerprint density at radius 1 is 1.13 bits per heavy atom. The van der Waals surface area contributed by atoms with E-state index in [1.807, 2.05) is 0 Å². The molecule has 2 rings (SSSR count). The molecule has 0 aromatic rings. The second-order valence-corrected chi connectivity index (χ2v) is 5.51. The van der Waals surface area contributed by atoms with Crippen molar-refractivity contribution in [3.05, 3.63) is 0 Å². The zero-order valence-corrected chi connectivity index (χ0v) is 10.2. The van der Waals surface area contributed by atoms with E-state index in [0.717, 1.165) is 36.9 Å². The van der Waals surface area contributed by atoms with Crippen LogP contribution in [0.4, 0.5) is 0 Å². The zero-order chi connectivity index (χ0) is 10.7. The Balaban J connectivity index is 1.96. The quantitative estimate of drug-likeness (QED) is 0.756. The topological polar surface area (TPSA) is 21.3 Å². The molecule has 2 unspecified atom stereocenters. The van der Waals surface area contributed by atoms with Gasteiger partial charge in [-0.25, -0.2) is 0 Å². The summed E-state index contributed by atoms with van der Waals surface area (Å²) in [5, 5.41) is 3.55. The standard InChI is InChI=1S/C13H25NO/c1-10(2)13-9-14-6-3-12(13)11-4-7-15-8-5-11/h10-14H,3-9H2,1-2H3. The first-order valence-electron chi connectivity index (χ1n) is 6.57. The Hall–Kier alpha value is -0.0800. The van der Waals surface area contributed by atoms with Crippen LogP contribution < -0.4 is 5.32 Å². The molecule has 0 aromatic heterocycles. The van der Waals surface area contributed by atoms with Gasteiger partial charge in [-0.15, -0.1) is 0 Å². The smallest absolute Gasteiger partial charge is 0.0468 e. The summed E-state index contributed by atoms with van der Waals surface area (Å²) in [5.74, 6) is 3.61. The third kappa shape index (κ3) is 2.73. The van der Waals surface area contributed by atoms with Gasteiger partial charge in [-0.3, -0.25) is 0 Å². The molecule has 0 bridgehead atoms. The van der Waals surface area contributed by atoms with Crippen molar-refractivity contribution >= 4 is 0 Å². The van der Waals surface area contributed by atoms with E-state index in [4.69, 9.17) is 4.74 Å². The molecule has 2 aliphatic rings. The van der Waals surface area contributed by atoms with Crippen molar-refractivity contribution in [2.24, 2.45) is 23.7 Å². The summed E-state index contributed by atoms with van der Waals surface area (Å²) in [6.07, 6.45) is 3.98. The summed E-state index contributed by atoms with van der Waals surface area (Å²) in [4.78, 5) is 0. The van der Waals surface area contributed by atoms with E-state index >= 15 is 0 Å². The second-order valence-electron chi connectivity index (χ2n) is 5.51. The molecule has 2 saturated heterocycles. The van der Waals surface area contributed by atoms with Gasteiger partial charge in [-0.1, -0.05) is 13.8 Å². The molecule has 2 atom stereocenters. The molecule has 2 nitrogen and oxygen atoms in total. The maximum atomic E-state index is 5.47. The van der Waals surface area contributed by atoms with Gasteiger partial charge in [0.2, 0.25) is 0 Å². The van der Waals surface area contributed by atoms with Crippen LogP contribution in [0.5, 0.6) is 0 Å². The van der Waals surface area contributed by atoms with E-state index in [0.29, 0.717) is 0 Å². The van der Waals surface area contributed by atoms with E-state index in [2.05, 4.69) is 19.2 Å². The predicted octanol–water partition coefficient (Wildman–Crippen LogP) is 2.29. The largest absolute Gasteiger partial charge is 0.381 e. The van der Waals surface area contributed by atoms with Crippen LogP contribution in [0, 0.1) is 23.7 Å². The van der Waals surface area contributed by atoms with Gasteiger partial charge in [-0.2, -0.15) is 0 Å². The van der Waals surface area contributed by atoms with Crippen molar-refractivity contribution < 1.29 is 4.74 Å². The molecule has 0 saturated carbocycles. The first-order valence-corrected chi connectivity index (χ1v) is 6.57. The van der Waals surface area contributed by atoms with Gasteiger partial charge in [0.1, 0.15) is 0 Å². The second kappa shape index (κ2) is 5.31. The minimum atomic E-state index is 0.825. The fourth-order valence-corrected chi connectivity index (χ4v) is 3.36. The molecule has 2 heteroatoms. The van der Waals surface area contributed by atoms with Gasteiger partial charge in [0, 0.05) is 13.2 Å². The third-order valence-electron chi connectivity index (χ3n) is 4.31. The first-order chi connectivity index (χ1) is 7.29. The number of hydrogen-bond donors (Lipinski definition) is 1. The molecule has 2 aliphatic heterocycles. The number of nitrogens with one attached hydrogen (secondary N) is 1. The van der Waals surface area contributed by atoms with E-state index in [-0.39, 0.29) is 0 Å². The van der Waals surface area contributed by atoms with Gasteiger partial charge in [-0.05, 0) is 56.0 Å². The average Bonchev–Trinajstić information content (AvgIpc) is 2.30. The molecule has 1 N–H and O–H groups in total. The lowest BCUT2D eigenvalue weighted by atomic mass is 9.70. The van der Waals surface area contributed by atoms with Crippen molar-refractivity contribution in [2.75, 3.05) is 26.3 Å².